The van der Waals surface area contributed by atoms with Crippen LogP contribution in [0.5, 0.6) is 0 Å². The van der Waals surface area contributed by atoms with Crippen LogP contribution in [0.25, 0.3) is 38.8 Å². The lowest BCUT2D eigenvalue weighted by Crippen LogP contribution is -2.03. The lowest BCUT2D eigenvalue weighted by atomic mass is 10.0. The van der Waals surface area contributed by atoms with Crippen LogP contribution in [0.15, 0.2) is 49.1 Å². The normalized spacial score (nSPS) is 11.2. The molecule has 0 atom stereocenters. The van der Waals surface area contributed by atoms with Crippen LogP contribution >= 0.6 is 0 Å². The van der Waals surface area contributed by atoms with Gasteiger partial charge in [0.15, 0.2) is 0 Å². The predicted molar refractivity (Wildman–Crippen MR) is 121 cm³/mol. The number of nitriles is 1. The molecule has 9 heteroatoms. The van der Waals surface area contributed by atoms with Crippen LogP contribution in [-0.2, 0) is 6.54 Å². The summed E-state index contributed by atoms with van der Waals surface area (Å²) in [6, 6.07) is 8.64. The Balaban J connectivity index is 1.91. The molecule has 0 spiro atoms. The van der Waals surface area contributed by atoms with Crippen molar-refractivity contribution in [3.63, 3.8) is 0 Å². The van der Waals surface area contributed by atoms with E-state index >= 15 is 0 Å². The first-order chi connectivity index (χ1) is 15.6. The lowest BCUT2D eigenvalue weighted by molar-refractivity contribution is 0.630. The van der Waals surface area contributed by atoms with Gasteiger partial charge in [-0.05, 0) is 31.2 Å². The Hall–Kier alpha value is -4.29. The van der Waals surface area contributed by atoms with Crippen LogP contribution < -0.4 is 11.1 Å². The minimum absolute atomic E-state index is 0.287. The maximum absolute atomic E-state index is 14.6. The summed E-state index contributed by atoms with van der Waals surface area (Å²) in [6.07, 6.45) is 6.68. The monoisotopic (exact) mass is 426 g/mol. The zero-order chi connectivity index (χ0) is 22.2. The van der Waals surface area contributed by atoms with Crippen molar-refractivity contribution in [2.45, 2.75) is 13.5 Å². The van der Waals surface area contributed by atoms with Crippen molar-refractivity contribution in [2.75, 3.05) is 11.9 Å². The highest BCUT2D eigenvalue weighted by atomic mass is 19.1. The number of H-pyrrole nitrogens is 1. The summed E-state index contributed by atoms with van der Waals surface area (Å²) in [5, 5.41) is 18.5. The molecule has 5 aromatic rings. The fraction of sp³-hybridized carbons (Fsp3) is 0.130. The van der Waals surface area contributed by atoms with Crippen LogP contribution in [-0.4, -0.2) is 31.3 Å². The van der Waals surface area contributed by atoms with Gasteiger partial charge in [0.2, 0.25) is 0 Å². The van der Waals surface area contributed by atoms with Crippen molar-refractivity contribution < 1.29 is 4.39 Å². The molecule has 0 saturated heterocycles. The number of aromatic nitrogens is 5. The molecule has 32 heavy (non-hydrogen) atoms. The first kappa shape index (κ1) is 19.7. The van der Waals surface area contributed by atoms with E-state index in [4.69, 9.17) is 5.73 Å². The zero-order valence-corrected chi connectivity index (χ0v) is 17.2. The van der Waals surface area contributed by atoms with Crippen LogP contribution in [0.3, 0.4) is 0 Å². The van der Waals surface area contributed by atoms with E-state index in [0.29, 0.717) is 56.7 Å². The Labute approximate surface area is 182 Å². The van der Waals surface area contributed by atoms with Crippen LogP contribution in [0, 0.1) is 17.1 Å². The minimum Gasteiger partial charge on any atom is -0.384 e. The molecule has 4 aromatic heterocycles. The highest BCUT2D eigenvalue weighted by molar-refractivity contribution is 6.15. The second-order valence-corrected chi connectivity index (χ2v) is 7.31. The third kappa shape index (κ3) is 3.14. The largest absolute Gasteiger partial charge is 0.384 e. The summed E-state index contributed by atoms with van der Waals surface area (Å²) in [5.41, 5.74) is 11.0. The Bertz CT molecular complexity index is 1510. The Morgan fingerprint density at radius 3 is 2.88 bits per heavy atom. The Kier molecular flexibility index (Phi) is 4.77. The molecule has 4 heterocycles. The second-order valence-electron chi connectivity index (χ2n) is 7.31. The van der Waals surface area contributed by atoms with Crippen molar-refractivity contribution in [3.05, 3.63) is 66.1 Å². The number of anilines is 1. The third-order valence-electron chi connectivity index (χ3n) is 5.30. The third-order valence-corrected chi connectivity index (χ3v) is 5.30. The molecule has 158 valence electrons. The fourth-order valence-corrected chi connectivity index (χ4v) is 3.93. The fourth-order valence-electron chi connectivity index (χ4n) is 3.93. The van der Waals surface area contributed by atoms with Gasteiger partial charge in [0.05, 0.1) is 33.5 Å². The van der Waals surface area contributed by atoms with Gasteiger partial charge < -0.3 is 16.0 Å². The number of nitrogens with zero attached hydrogens (tertiary/aromatic N) is 5. The first-order valence-electron chi connectivity index (χ1n) is 10.1. The predicted octanol–water partition coefficient (Wildman–Crippen LogP) is 3.87. The maximum Gasteiger partial charge on any atom is 0.140 e. The molecule has 0 bridgehead atoms. The van der Waals surface area contributed by atoms with E-state index in [1.54, 1.807) is 23.1 Å². The second kappa shape index (κ2) is 7.76. The number of nitrogens with one attached hydrogen (secondary N) is 2. The molecular formula is C23H19FN8. The number of halogens is 1. The van der Waals surface area contributed by atoms with Gasteiger partial charge in [-0.15, -0.1) is 0 Å². The number of rotatable bonds is 5. The maximum atomic E-state index is 14.6. The van der Waals surface area contributed by atoms with Gasteiger partial charge >= 0.3 is 0 Å². The van der Waals surface area contributed by atoms with Gasteiger partial charge in [-0.1, -0.05) is 0 Å². The molecule has 0 amide bonds. The van der Waals surface area contributed by atoms with E-state index in [0.717, 1.165) is 5.52 Å². The molecule has 0 aliphatic heterocycles. The molecule has 4 N–H and O–H groups in total. The van der Waals surface area contributed by atoms with Crippen molar-refractivity contribution in [1.29, 1.82) is 5.26 Å². The standard InChI is InChI=1S/C23H19FN8/c1-2-28-19-7-15(24)6-17-20-22(32-4-3-16(9-26)31-32)18(12-29-23(20)30-21(17)19)14-5-13(8-25)10-27-11-14/h3-7,10-12,28H,2,9,26H2,1H3,(H,29,30). The molecule has 1 aromatic carbocycles. The van der Waals surface area contributed by atoms with Crippen LogP contribution in [0.4, 0.5) is 10.1 Å². The van der Waals surface area contributed by atoms with Gasteiger partial charge in [0.1, 0.15) is 17.5 Å². The number of nitrogens with two attached hydrogens (primary N) is 1. The molecule has 0 fully saturated rings. The number of fused-ring (bicyclic) bond motifs is 3. The lowest BCUT2D eigenvalue weighted by Gasteiger charge is -2.12. The molecule has 0 unspecified atom stereocenters. The molecule has 8 nitrogen and oxygen atoms in total. The SMILES string of the molecule is CCNc1cc(F)cc2c1[nH]c1ncc(-c3cncc(C#N)c3)c(-n3ccc(CN)n3)c12. The first-order valence-corrected chi connectivity index (χ1v) is 10.1. The summed E-state index contributed by atoms with van der Waals surface area (Å²) in [7, 11) is 0. The van der Waals surface area contributed by atoms with Crippen molar-refractivity contribution in [1.82, 2.24) is 24.7 Å². The molecule has 0 radical (unpaired) electrons. The van der Waals surface area contributed by atoms with Crippen molar-refractivity contribution in [3.8, 4) is 22.9 Å². The van der Waals surface area contributed by atoms with E-state index < -0.39 is 0 Å². The molecular weight excluding hydrogens is 407 g/mol. The number of benzene rings is 1. The topological polar surface area (TPSA) is 121 Å². The zero-order valence-electron chi connectivity index (χ0n) is 17.2. The van der Waals surface area contributed by atoms with E-state index in [1.165, 1.54) is 18.3 Å². The average Bonchev–Trinajstić information content (AvgIpc) is 3.43. The Morgan fingerprint density at radius 1 is 1.25 bits per heavy atom. The minimum atomic E-state index is -0.359. The molecule has 5 rings (SSSR count). The summed E-state index contributed by atoms with van der Waals surface area (Å²) in [4.78, 5) is 12.1. The highest BCUT2D eigenvalue weighted by Gasteiger charge is 2.20. The van der Waals surface area contributed by atoms with Crippen LogP contribution in [0.1, 0.15) is 18.2 Å². The van der Waals surface area contributed by atoms with Gasteiger partial charge in [0, 0.05) is 54.4 Å². The van der Waals surface area contributed by atoms with Gasteiger partial charge in [-0.2, -0.15) is 10.4 Å². The number of hydrogen-bond acceptors (Lipinski definition) is 6. The molecule has 0 aliphatic carbocycles. The number of aromatic amines is 1. The van der Waals surface area contributed by atoms with Crippen molar-refractivity contribution >= 4 is 27.6 Å². The summed E-state index contributed by atoms with van der Waals surface area (Å²) in [6.45, 7) is 2.88. The summed E-state index contributed by atoms with van der Waals surface area (Å²) >= 11 is 0. The Morgan fingerprint density at radius 2 is 2.12 bits per heavy atom. The summed E-state index contributed by atoms with van der Waals surface area (Å²) in [5.74, 6) is -0.359. The van der Waals surface area contributed by atoms with Gasteiger partial charge in [-0.3, -0.25) is 4.98 Å². The smallest absolute Gasteiger partial charge is 0.140 e. The molecule has 0 saturated carbocycles. The van der Waals surface area contributed by atoms with E-state index in [2.05, 4.69) is 31.4 Å². The quantitative estimate of drug-likeness (QED) is 0.392. The van der Waals surface area contributed by atoms with E-state index in [-0.39, 0.29) is 12.4 Å². The van der Waals surface area contributed by atoms with E-state index in [9.17, 15) is 9.65 Å². The molecule has 0 aliphatic rings. The van der Waals surface area contributed by atoms with Gasteiger partial charge in [-0.25, -0.2) is 14.1 Å². The summed E-state index contributed by atoms with van der Waals surface area (Å²) < 4.78 is 16.3. The van der Waals surface area contributed by atoms with E-state index in [1.807, 2.05) is 19.2 Å². The number of pyridine rings is 2. The number of hydrogen-bond donors (Lipinski definition) is 3. The average molecular weight is 426 g/mol. The highest BCUT2D eigenvalue weighted by Crippen LogP contribution is 2.38. The van der Waals surface area contributed by atoms with Crippen molar-refractivity contribution in [2.24, 2.45) is 5.73 Å². The van der Waals surface area contributed by atoms with Crippen LogP contribution in [0.2, 0.25) is 0 Å². The van der Waals surface area contributed by atoms with Gasteiger partial charge in [0.25, 0.3) is 0 Å².